The first-order valence-corrected chi connectivity index (χ1v) is 8.88. The number of benzene rings is 1. The zero-order valence-corrected chi connectivity index (χ0v) is 17.7. The molecule has 0 spiro atoms. The standard InChI is InChI=1S/C14H20I2O8/c1-17-5-19-7-21-9-23-13-3-12(16)14(4-11(13)15)24-10-22-8-20-6-18-2/h3-4H,5-10H2,1-2H3. The normalized spacial score (nSPS) is 10.8. The van der Waals surface area contributed by atoms with E-state index in [1.807, 2.05) is 12.1 Å². The zero-order chi connectivity index (χ0) is 17.6. The third-order valence-corrected chi connectivity index (χ3v) is 4.00. The van der Waals surface area contributed by atoms with Gasteiger partial charge in [-0.1, -0.05) is 0 Å². The molecular formula is C14H20I2O8. The van der Waals surface area contributed by atoms with Crippen LogP contribution in [0.5, 0.6) is 11.5 Å². The Bertz CT molecular complexity index is 419. The van der Waals surface area contributed by atoms with Gasteiger partial charge in [0.25, 0.3) is 0 Å². The minimum absolute atomic E-state index is 0.0793. The van der Waals surface area contributed by atoms with Crippen LogP contribution in [0.2, 0.25) is 0 Å². The van der Waals surface area contributed by atoms with Crippen LogP contribution in [0.4, 0.5) is 0 Å². The Morgan fingerprint density at radius 2 is 1.00 bits per heavy atom. The summed E-state index contributed by atoms with van der Waals surface area (Å²) in [6.07, 6.45) is 0. The molecule has 0 N–H and O–H groups in total. The van der Waals surface area contributed by atoms with E-state index in [4.69, 9.17) is 37.9 Å². The topological polar surface area (TPSA) is 73.8 Å². The molecule has 0 aromatic heterocycles. The molecule has 0 aliphatic heterocycles. The van der Waals surface area contributed by atoms with Crippen molar-refractivity contribution < 1.29 is 37.9 Å². The molecule has 0 unspecified atom stereocenters. The molecule has 24 heavy (non-hydrogen) atoms. The van der Waals surface area contributed by atoms with E-state index in [1.54, 1.807) is 14.2 Å². The van der Waals surface area contributed by atoms with Crippen molar-refractivity contribution in [3.05, 3.63) is 19.3 Å². The average molecular weight is 570 g/mol. The van der Waals surface area contributed by atoms with Crippen LogP contribution < -0.4 is 9.47 Å². The lowest BCUT2D eigenvalue weighted by molar-refractivity contribution is -0.145. The summed E-state index contributed by atoms with van der Waals surface area (Å²) in [6, 6.07) is 3.72. The Kier molecular flexibility index (Phi) is 13.1. The van der Waals surface area contributed by atoms with E-state index in [0.717, 1.165) is 7.14 Å². The van der Waals surface area contributed by atoms with Crippen LogP contribution >= 0.6 is 45.2 Å². The third kappa shape index (κ3) is 9.50. The first kappa shape index (κ1) is 22.1. The van der Waals surface area contributed by atoms with Gasteiger partial charge in [0.05, 0.1) is 7.14 Å². The summed E-state index contributed by atoms with van der Waals surface area (Å²) in [6.45, 7) is 0.725. The molecule has 0 saturated heterocycles. The Labute approximate surface area is 168 Å². The van der Waals surface area contributed by atoms with E-state index in [1.165, 1.54) is 0 Å². The molecule has 10 heteroatoms. The summed E-state index contributed by atoms with van der Waals surface area (Å²) in [5.41, 5.74) is 0. The highest BCUT2D eigenvalue weighted by Gasteiger charge is 2.09. The van der Waals surface area contributed by atoms with Crippen LogP contribution in [0.25, 0.3) is 0 Å². The number of hydrogen-bond donors (Lipinski definition) is 0. The number of methoxy groups -OCH3 is 2. The highest BCUT2D eigenvalue weighted by atomic mass is 127. The quantitative estimate of drug-likeness (QED) is 0.192. The van der Waals surface area contributed by atoms with Crippen molar-refractivity contribution in [3.8, 4) is 11.5 Å². The maximum atomic E-state index is 5.55. The van der Waals surface area contributed by atoms with E-state index >= 15 is 0 Å². The number of rotatable bonds is 14. The molecule has 0 bridgehead atoms. The minimum atomic E-state index is 0.0793. The summed E-state index contributed by atoms with van der Waals surface area (Å²) in [5.74, 6) is 1.40. The highest BCUT2D eigenvalue weighted by molar-refractivity contribution is 14.1. The Morgan fingerprint density at radius 1 is 0.625 bits per heavy atom. The van der Waals surface area contributed by atoms with E-state index in [9.17, 15) is 0 Å². The Balaban J connectivity index is 2.33. The van der Waals surface area contributed by atoms with Gasteiger partial charge in [-0.05, 0) is 57.3 Å². The van der Waals surface area contributed by atoms with E-state index in [2.05, 4.69) is 45.2 Å². The minimum Gasteiger partial charge on any atom is -0.466 e. The molecule has 138 valence electrons. The molecule has 0 aliphatic carbocycles. The second-order valence-electron chi connectivity index (χ2n) is 4.10. The van der Waals surface area contributed by atoms with Crippen LogP contribution in [-0.4, -0.2) is 55.0 Å². The predicted octanol–water partition coefficient (Wildman–Crippen LogP) is 2.76. The fourth-order valence-corrected chi connectivity index (χ4v) is 2.55. The van der Waals surface area contributed by atoms with E-state index in [-0.39, 0.29) is 40.8 Å². The van der Waals surface area contributed by atoms with Crippen molar-refractivity contribution in [3.63, 3.8) is 0 Å². The van der Waals surface area contributed by atoms with Crippen LogP contribution in [0.15, 0.2) is 12.1 Å². The van der Waals surface area contributed by atoms with Crippen LogP contribution in [0.1, 0.15) is 0 Å². The van der Waals surface area contributed by atoms with Crippen LogP contribution in [0.3, 0.4) is 0 Å². The van der Waals surface area contributed by atoms with Gasteiger partial charge in [0.2, 0.25) is 0 Å². The van der Waals surface area contributed by atoms with Gasteiger partial charge in [0.1, 0.15) is 25.1 Å². The first-order chi connectivity index (χ1) is 11.7. The van der Waals surface area contributed by atoms with Gasteiger partial charge in [-0.15, -0.1) is 0 Å². The lowest BCUT2D eigenvalue weighted by Crippen LogP contribution is -2.10. The van der Waals surface area contributed by atoms with Gasteiger partial charge in [-0.3, -0.25) is 0 Å². The first-order valence-electron chi connectivity index (χ1n) is 6.72. The lowest BCUT2D eigenvalue weighted by atomic mass is 10.3. The average Bonchev–Trinajstić information content (AvgIpc) is 2.57. The van der Waals surface area contributed by atoms with Gasteiger partial charge in [0.15, 0.2) is 27.2 Å². The maximum Gasteiger partial charge on any atom is 0.191 e. The van der Waals surface area contributed by atoms with Crippen molar-refractivity contribution in [2.24, 2.45) is 0 Å². The Hall–Kier alpha value is 0.0400. The molecular weight excluding hydrogens is 550 g/mol. The zero-order valence-electron chi connectivity index (χ0n) is 13.4. The van der Waals surface area contributed by atoms with Gasteiger partial charge < -0.3 is 37.9 Å². The monoisotopic (exact) mass is 570 g/mol. The molecule has 0 saturated carbocycles. The lowest BCUT2D eigenvalue weighted by Gasteiger charge is -2.13. The summed E-state index contributed by atoms with van der Waals surface area (Å²) >= 11 is 4.32. The van der Waals surface area contributed by atoms with Crippen LogP contribution in [0, 0.1) is 7.14 Å². The molecule has 0 fully saturated rings. The van der Waals surface area contributed by atoms with Gasteiger partial charge >= 0.3 is 0 Å². The molecule has 0 amide bonds. The summed E-state index contributed by atoms with van der Waals surface area (Å²) in [5, 5.41) is 0. The molecule has 0 heterocycles. The summed E-state index contributed by atoms with van der Waals surface area (Å²) < 4.78 is 42.7. The second-order valence-corrected chi connectivity index (χ2v) is 6.43. The number of ether oxygens (including phenoxy) is 8. The number of hydrogen-bond acceptors (Lipinski definition) is 8. The maximum absolute atomic E-state index is 5.55. The molecule has 1 aromatic rings. The van der Waals surface area contributed by atoms with Crippen molar-refractivity contribution in [1.29, 1.82) is 0 Å². The molecule has 0 radical (unpaired) electrons. The molecule has 1 rings (SSSR count). The fourth-order valence-electron chi connectivity index (χ4n) is 1.36. The largest absolute Gasteiger partial charge is 0.466 e. The highest BCUT2D eigenvalue weighted by Crippen LogP contribution is 2.31. The Morgan fingerprint density at radius 3 is 1.38 bits per heavy atom. The third-order valence-electron chi connectivity index (χ3n) is 2.32. The van der Waals surface area contributed by atoms with Crippen LogP contribution in [-0.2, 0) is 28.4 Å². The van der Waals surface area contributed by atoms with Gasteiger partial charge in [-0.25, -0.2) is 0 Å². The predicted molar refractivity (Wildman–Crippen MR) is 101 cm³/mol. The van der Waals surface area contributed by atoms with Gasteiger partial charge in [-0.2, -0.15) is 0 Å². The SMILES string of the molecule is COCOCOCOc1cc(I)c(OCOCOCOC)cc1I. The van der Waals surface area contributed by atoms with Crippen molar-refractivity contribution in [2.45, 2.75) is 0 Å². The molecule has 8 nitrogen and oxygen atoms in total. The summed E-state index contributed by atoms with van der Waals surface area (Å²) in [4.78, 5) is 0. The molecule has 0 aliphatic rings. The summed E-state index contributed by atoms with van der Waals surface area (Å²) in [7, 11) is 3.09. The fraction of sp³-hybridized carbons (Fsp3) is 0.571. The molecule has 1 aromatic carbocycles. The number of halogens is 2. The van der Waals surface area contributed by atoms with E-state index < -0.39 is 0 Å². The van der Waals surface area contributed by atoms with E-state index in [0.29, 0.717) is 11.5 Å². The smallest absolute Gasteiger partial charge is 0.191 e. The van der Waals surface area contributed by atoms with Gasteiger partial charge in [0, 0.05) is 14.2 Å². The molecule has 0 atom stereocenters. The second kappa shape index (κ2) is 14.2. The van der Waals surface area contributed by atoms with Crippen molar-refractivity contribution in [1.82, 2.24) is 0 Å². The van der Waals surface area contributed by atoms with Crippen molar-refractivity contribution in [2.75, 3.05) is 55.0 Å². The van der Waals surface area contributed by atoms with Crippen molar-refractivity contribution >= 4 is 45.2 Å².